The molecular weight excluding hydrogens is 399 g/mol. The monoisotopic (exact) mass is 424 g/mol. The van der Waals surface area contributed by atoms with Gasteiger partial charge in [-0.3, -0.25) is 4.79 Å². The number of carbonyl (C=O) groups excluding carboxylic acids is 1. The van der Waals surface area contributed by atoms with E-state index in [0.717, 1.165) is 5.57 Å². The lowest BCUT2D eigenvalue weighted by Gasteiger charge is -2.30. The summed E-state index contributed by atoms with van der Waals surface area (Å²) in [7, 11) is 0. The Balaban J connectivity index is 3.07. The molecule has 0 bridgehead atoms. The van der Waals surface area contributed by atoms with Crippen LogP contribution in [0.4, 0.5) is 0 Å². The van der Waals surface area contributed by atoms with Gasteiger partial charge in [0.25, 0.3) is 0 Å². The number of hydrogen-bond donors (Lipinski definition) is 3. The van der Waals surface area contributed by atoms with Crippen molar-refractivity contribution in [3.8, 4) is 0 Å². The van der Waals surface area contributed by atoms with Gasteiger partial charge in [0.15, 0.2) is 0 Å². The minimum Gasteiger partial charge on any atom is -0.457 e. The number of aliphatic hydroxyl groups excluding tert-OH is 2. The minimum atomic E-state index is -1.34. The Labute approximate surface area is 145 Å². The Morgan fingerprint density at radius 3 is 2.68 bits per heavy atom. The molecule has 0 unspecified atom stereocenters. The highest BCUT2D eigenvalue weighted by molar-refractivity contribution is 14.1. The molecule has 1 aliphatic rings. The van der Waals surface area contributed by atoms with Crippen molar-refractivity contribution < 1.29 is 24.9 Å². The summed E-state index contributed by atoms with van der Waals surface area (Å²) in [6.45, 7) is 5.27. The topological polar surface area (TPSA) is 87.0 Å². The molecule has 3 N–H and O–H groups in total. The fraction of sp³-hybridized carbons (Fsp3) is 0.688. The van der Waals surface area contributed by atoms with Crippen LogP contribution in [0.15, 0.2) is 21.8 Å². The van der Waals surface area contributed by atoms with Gasteiger partial charge in [-0.05, 0) is 36.3 Å². The third-order valence-electron chi connectivity index (χ3n) is 3.98. The van der Waals surface area contributed by atoms with Crippen LogP contribution in [-0.2, 0) is 9.53 Å². The van der Waals surface area contributed by atoms with Crippen LogP contribution in [0.3, 0.4) is 0 Å². The van der Waals surface area contributed by atoms with E-state index in [4.69, 9.17) is 4.74 Å². The molecule has 0 amide bonds. The molecular formula is C16H25IO5. The molecule has 0 aromatic rings. The first-order valence-electron chi connectivity index (χ1n) is 7.40. The van der Waals surface area contributed by atoms with Gasteiger partial charge in [-0.15, -0.1) is 0 Å². The predicted molar refractivity (Wildman–Crippen MR) is 92.4 cm³/mol. The van der Waals surface area contributed by atoms with E-state index in [-0.39, 0.29) is 25.2 Å². The van der Waals surface area contributed by atoms with Gasteiger partial charge in [0.2, 0.25) is 0 Å². The molecule has 0 radical (unpaired) electrons. The second-order valence-corrected chi connectivity index (χ2v) is 6.83. The van der Waals surface area contributed by atoms with Gasteiger partial charge in [-0.25, -0.2) is 0 Å². The van der Waals surface area contributed by atoms with E-state index in [9.17, 15) is 20.1 Å². The lowest BCUT2D eigenvalue weighted by molar-refractivity contribution is -0.151. The highest BCUT2D eigenvalue weighted by atomic mass is 127. The number of esters is 1. The molecule has 0 aromatic heterocycles. The van der Waals surface area contributed by atoms with Gasteiger partial charge in [0, 0.05) is 5.92 Å². The van der Waals surface area contributed by atoms with Crippen LogP contribution in [0.5, 0.6) is 0 Å². The fourth-order valence-corrected chi connectivity index (χ4v) is 2.71. The van der Waals surface area contributed by atoms with Gasteiger partial charge < -0.3 is 20.1 Å². The van der Waals surface area contributed by atoms with E-state index < -0.39 is 29.9 Å². The Morgan fingerprint density at radius 1 is 1.45 bits per heavy atom. The molecule has 1 heterocycles. The van der Waals surface area contributed by atoms with Crippen LogP contribution >= 0.6 is 22.6 Å². The zero-order valence-corrected chi connectivity index (χ0v) is 15.4. The highest BCUT2D eigenvalue weighted by Gasteiger charge is 2.31. The molecule has 5 atom stereocenters. The van der Waals surface area contributed by atoms with Crippen LogP contribution in [0.2, 0.25) is 0 Å². The van der Waals surface area contributed by atoms with Crippen molar-refractivity contribution >= 4 is 28.6 Å². The van der Waals surface area contributed by atoms with Gasteiger partial charge in [0.05, 0.1) is 18.1 Å². The second kappa shape index (κ2) is 8.42. The molecule has 0 saturated heterocycles. The van der Waals surface area contributed by atoms with Crippen LogP contribution in [0.25, 0.3) is 0 Å². The third-order valence-corrected chi connectivity index (χ3v) is 4.96. The van der Waals surface area contributed by atoms with E-state index in [1.165, 1.54) is 13.0 Å². The molecule has 22 heavy (non-hydrogen) atoms. The molecule has 126 valence electrons. The smallest absolute Gasteiger partial charge is 0.309 e. The lowest BCUT2D eigenvalue weighted by Crippen LogP contribution is -2.39. The summed E-state index contributed by atoms with van der Waals surface area (Å²) in [5.41, 5.74) is -0.455. The number of hydrogen-bond acceptors (Lipinski definition) is 5. The Hall–Kier alpha value is -0.440. The van der Waals surface area contributed by atoms with Crippen molar-refractivity contribution in [3.63, 3.8) is 0 Å². The van der Waals surface area contributed by atoms with Crippen LogP contribution < -0.4 is 0 Å². The van der Waals surface area contributed by atoms with Crippen LogP contribution in [0.1, 0.15) is 40.0 Å². The first kappa shape index (κ1) is 19.6. The van der Waals surface area contributed by atoms with Gasteiger partial charge in [0.1, 0.15) is 12.2 Å². The first-order valence-corrected chi connectivity index (χ1v) is 8.65. The van der Waals surface area contributed by atoms with Crippen molar-refractivity contribution in [2.75, 3.05) is 0 Å². The van der Waals surface area contributed by atoms with Crippen molar-refractivity contribution in [2.45, 2.75) is 63.9 Å². The maximum Gasteiger partial charge on any atom is 0.309 e. The third kappa shape index (κ3) is 5.64. The zero-order chi connectivity index (χ0) is 16.9. The molecule has 1 rings (SSSR count). The standard InChI is InChI=1S/C16H25IO5/c1-10-4-5-13(19)16(3,21)7-6-12(18)8-14(20)22-15(10)11(2)9-17/h4-5,9-10,12-13,15,18-19,21H,6-8H2,1-3H3/b5-4+,11-9+/t10-,12-,13+,15-,16-/m1/s1. The van der Waals surface area contributed by atoms with Gasteiger partial charge in [-0.1, -0.05) is 41.7 Å². The number of cyclic esters (lactones) is 1. The molecule has 0 saturated carbocycles. The first-order chi connectivity index (χ1) is 10.2. The number of aliphatic hydroxyl groups is 3. The number of ether oxygens (including phenoxy) is 1. The summed E-state index contributed by atoms with van der Waals surface area (Å²) in [5.74, 6) is -0.617. The predicted octanol–water partition coefficient (Wildman–Crippen LogP) is 2.09. The molecule has 0 aliphatic carbocycles. The maximum absolute atomic E-state index is 12.0. The number of carbonyl (C=O) groups is 1. The number of halogens is 1. The summed E-state index contributed by atoms with van der Waals surface area (Å²) in [5, 5.41) is 30.3. The van der Waals surface area contributed by atoms with Crippen molar-refractivity contribution in [1.29, 1.82) is 0 Å². The second-order valence-electron chi connectivity index (χ2n) is 6.21. The summed E-state index contributed by atoms with van der Waals surface area (Å²) < 4.78 is 7.32. The lowest BCUT2D eigenvalue weighted by atomic mass is 9.89. The summed E-state index contributed by atoms with van der Waals surface area (Å²) in [6.07, 6.45) is 1.18. The highest BCUT2D eigenvalue weighted by Crippen LogP contribution is 2.25. The molecule has 1 aliphatic heterocycles. The molecule has 0 aromatic carbocycles. The fourth-order valence-electron chi connectivity index (χ4n) is 2.36. The van der Waals surface area contributed by atoms with E-state index in [0.29, 0.717) is 0 Å². The number of rotatable bonds is 1. The van der Waals surface area contributed by atoms with E-state index in [1.54, 1.807) is 6.08 Å². The SMILES string of the molecule is C/C(=C\I)[C@@H]1OC(=O)C[C@H](O)CC[C@@](C)(O)[C@@H](O)/C=C/[C@H]1C. The average molecular weight is 424 g/mol. The normalized spacial score (nSPS) is 40.3. The van der Waals surface area contributed by atoms with Crippen LogP contribution in [-0.4, -0.2) is 45.2 Å². The Kier molecular flexibility index (Phi) is 7.51. The van der Waals surface area contributed by atoms with Crippen molar-refractivity contribution in [2.24, 2.45) is 5.92 Å². The quantitative estimate of drug-likeness (QED) is 0.341. The van der Waals surface area contributed by atoms with E-state index >= 15 is 0 Å². The average Bonchev–Trinajstić information content (AvgIpc) is 2.46. The maximum atomic E-state index is 12.0. The Morgan fingerprint density at radius 2 is 2.09 bits per heavy atom. The molecule has 5 nitrogen and oxygen atoms in total. The van der Waals surface area contributed by atoms with E-state index in [1.807, 2.05) is 17.9 Å². The Bertz CT molecular complexity index is 444. The molecule has 0 fully saturated rings. The molecule has 6 heteroatoms. The van der Waals surface area contributed by atoms with Gasteiger partial charge in [-0.2, -0.15) is 0 Å². The van der Waals surface area contributed by atoms with Gasteiger partial charge >= 0.3 is 5.97 Å². The largest absolute Gasteiger partial charge is 0.457 e. The van der Waals surface area contributed by atoms with Crippen molar-refractivity contribution in [3.05, 3.63) is 21.8 Å². The van der Waals surface area contributed by atoms with Crippen molar-refractivity contribution in [1.82, 2.24) is 0 Å². The van der Waals surface area contributed by atoms with E-state index in [2.05, 4.69) is 22.6 Å². The van der Waals surface area contributed by atoms with Crippen LogP contribution in [0, 0.1) is 5.92 Å². The zero-order valence-electron chi connectivity index (χ0n) is 13.2. The summed E-state index contributed by atoms with van der Waals surface area (Å²) >= 11 is 2.08. The molecule has 0 spiro atoms. The minimum absolute atomic E-state index is 0.117. The summed E-state index contributed by atoms with van der Waals surface area (Å²) in [6, 6.07) is 0. The summed E-state index contributed by atoms with van der Waals surface area (Å²) in [4.78, 5) is 12.0.